The summed E-state index contributed by atoms with van der Waals surface area (Å²) in [4.78, 5) is 0. The Labute approximate surface area is 625 Å². The Bertz CT molecular complexity index is 4420. The van der Waals surface area contributed by atoms with Gasteiger partial charge in [0.05, 0.1) is 85.9 Å². The Kier molecular flexibility index (Phi) is 24.0. The summed E-state index contributed by atoms with van der Waals surface area (Å²) in [6.45, 7) is 3.73. The molecular formula is C92H87ClO13. The largest absolute Gasteiger partial charge is 0.392 e. The minimum atomic E-state index is -1.40. The maximum Gasteiger partial charge on any atom is 0.226 e. The number of rotatable bonds is 28. The van der Waals surface area contributed by atoms with Gasteiger partial charge < -0.3 is 61.9 Å². The minimum Gasteiger partial charge on any atom is -0.392 e. The number of fused-ring (bicyclic) bond motifs is 8. The molecule has 12 aromatic carbocycles. The summed E-state index contributed by atoms with van der Waals surface area (Å²) in [7, 11) is 0. The Morgan fingerprint density at radius 2 is 0.575 bits per heavy atom. The van der Waals surface area contributed by atoms with Gasteiger partial charge >= 0.3 is 0 Å². The molecule has 0 aromatic heterocycles. The average Bonchev–Trinajstić information content (AvgIpc) is 1.52. The van der Waals surface area contributed by atoms with Crippen LogP contribution in [0.4, 0.5) is 0 Å². The van der Waals surface area contributed by atoms with Gasteiger partial charge in [0.25, 0.3) is 0 Å². The summed E-state index contributed by atoms with van der Waals surface area (Å²) < 4.78 is 83.1. The molecule has 0 bridgehead atoms. The number of aliphatic hydroxyl groups is 1. The quantitative estimate of drug-likeness (QED) is 0.0467. The molecule has 2 spiro atoms. The lowest BCUT2D eigenvalue weighted by molar-refractivity contribution is -0.387. The van der Waals surface area contributed by atoms with Crippen LogP contribution in [-0.4, -0.2) is 67.2 Å². The van der Waals surface area contributed by atoms with E-state index in [-0.39, 0.29) is 19.8 Å². The van der Waals surface area contributed by atoms with Gasteiger partial charge in [0.15, 0.2) is 0 Å². The first-order valence-electron chi connectivity index (χ1n) is 36.5. The minimum absolute atomic E-state index is 0.139. The summed E-state index contributed by atoms with van der Waals surface area (Å²) in [5.41, 5.74) is 13.8. The number of benzene rings is 12. The summed E-state index contributed by atoms with van der Waals surface area (Å²) >= 11 is 6.66. The van der Waals surface area contributed by atoms with Crippen molar-refractivity contribution in [2.45, 2.75) is 139 Å². The smallest absolute Gasteiger partial charge is 0.226 e. The molecule has 0 saturated carbocycles. The van der Waals surface area contributed by atoms with Crippen LogP contribution in [0.3, 0.4) is 0 Å². The molecule has 0 aliphatic carbocycles. The van der Waals surface area contributed by atoms with Crippen LogP contribution in [0.2, 0.25) is 0 Å². The predicted octanol–water partition coefficient (Wildman–Crippen LogP) is 18.0. The maximum atomic E-state index is 10.7. The zero-order chi connectivity index (χ0) is 71.8. The summed E-state index contributed by atoms with van der Waals surface area (Å²) in [6.07, 6.45) is -5.18. The molecular weight excluding hydrogens is 1350 g/mol. The molecule has 4 aliphatic rings. The fourth-order valence-electron chi connectivity index (χ4n) is 15.1. The second-order valence-electron chi connectivity index (χ2n) is 27.2. The van der Waals surface area contributed by atoms with Crippen LogP contribution in [0.5, 0.6) is 0 Å². The lowest BCUT2D eigenvalue weighted by Gasteiger charge is -2.51. The third-order valence-electron chi connectivity index (χ3n) is 20.3. The molecule has 2 saturated heterocycles. The van der Waals surface area contributed by atoms with Crippen LogP contribution in [0.1, 0.15) is 77.9 Å². The second kappa shape index (κ2) is 35.1. The first-order valence-corrected chi connectivity index (χ1v) is 37.0. The molecule has 14 heteroatoms. The van der Waals surface area contributed by atoms with E-state index in [0.29, 0.717) is 71.9 Å². The van der Waals surface area contributed by atoms with Crippen molar-refractivity contribution in [3.05, 3.63) is 381 Å². The molecule has 0 unspecified atom stereocenters. The fourth-order valence-corrected chi connectivity index (χ4v) is 15.3. The average molecular weight is 1440 g/mol. The van der Waals surface area contributed by atoms with E-state index in [1.165, 1.54) is 0 Å². The molecule has 10 atom stereocenters. The Hall–Kier alpha value is -9.07. The van der Waals surface area contributed by atoms with Crippen LogP contribution < -0.4 is 0 Å². The zero-order valence-corrected chi connectivity index (χ0v) is 59.9. The monoisotopic (exact) mass is 1430 g/mol. The van der Waals surface area contributed by atoms with Crippen LogP contribution in [0, 0.1) is 0 Å². The van der Waals surface area contributed by atoms with Gasteiger partial charge in [-0.1, -0.05) is 291 Å². The molecule has 106 heavy (non-hydrogen) atoms. The van der Waals surface area contributed by atoms with Crippen molar-refractivity contribution < 1.29 is 61.9 Å². The van der Waals surface area contributed by atoms with Crippen molar-refractivity contribution in [1.29, 1.82) is 0 Å². The van der Waals surface area contributed by atoms with Crippen LogP contribution in [-0.2, 0) is 147 Å². The lowest BCUT2D eigenvalue weighted by atomic mass is 9.84. The van der Waals surface area contributed by atoms with Crippen molar-refractivity contribution in [2.24, 2.45) is 0 Å². The van der Waals surface area contributed by atoms with E-state index in [0.717, 1.165) is 99.4 Å². The number of alkyl halides is 1. The summed E-state index contributed by atoms with van der Waals surface area (Å²) in [6, 6.07) is 102. The predicted molar refractivity (Wildman–Crippen MR) is 408 cm³/mol. The number of hydrogen-bond donors (Lipinski definition) is 1. The van der Waals surface area contributed by atoms with Gasteiger partial charge in [0, 0.05) is 17.0 Å². The maximum absolute atomic E-state index is 10.7. The lowest BCUT2D eigenvalue weighted by Crippen LogP contribution is -2.65. The molecule has 16 rings (SSSR count). The van der Waals surface area contributed by atoms with Crippen LogP contribution >= 0.6 is 11.6 Å². The highest BCUT2D eigenvalue weighted by Crippen LogP contribution is 2.53. The molecule has 2 fully saturated rings. The van der Waals surface area contributed by atoms with Crippen molar-refractivity contribution in [2.75, 3.05) is 13.2 Å². The molecule has 4 heterocycles. The third-order valence-corrected chi connectivity index (χ3v) is 20.6. The van der Waals surface area contributed by atoms with Gasteiger partial charge in [-0.25, -0.2) is 0 Å². The first-order chi connectivity index (χ1) is 52.4. The van der Waals surface area contributed by atoms with Gasteiger partial charge in [-0.05, 0) is 100 Å². The van der Waals surface area contributed by atoms with E-state index < -0.39 is 60.4 Å². The van der Waals surface area contributed by atoms with Gasteiger partial charge in [0.1, 0.15) is 48.8 Å². The number of hydrogen-bond acceptors (Lipinski definition) is 13. The van der Waals surface area contributed by atoms with Crippen LogP contribution in [0.25, 0.3) is 21.5 Å². The number of halogens is 1. The normalized spacial score (nSPS) is 22.3. The van der Waals surface area contributed by atoms with E-state index in [4.69, 9.17) is 68.4 Å². The van der Waals surface area contributed by atoms with Gasteiger partial charge in [0.2, 0.25) is 11.6 Å². The molecule has 0 radical (unpaired) electrons. The molecule has 540 valence electrons. The summed E-state index contributed by atoms with van der Waals surface area (Å²) in [5.74, 6) is -2.41. The van der Waals surface area contributed by atoms with Crippen molar-refractivity contribution in [1.82, 2.24) is 0 Å². The highest BCUT2D eigenvalue weighted by molar-refractivity contribution is 6.18. The number of ether oxygens (including phenoxy) is 12. The Balaban J connectivity index is 0.000000170. The standard InChI is InChI=1S/C46H43ClO6.C46H44O7/c2*47-26-37-25-41-40(39-24-14-13-23-38(37)39)31-52-46(41)45(51-30-36-21-11-4-12-22-36)44(50-29-35-19-9-3-10-20-35)43(49-28-34-17-7-2-8-18-34)42(53-46)32-48-27-33-15-5-1-6-16-33/h1-25,42-45H,26-32H2;1-25,42-45,47H,26-32H2/t2*42-,43-,44+,45-,46+/m11/s1. The fraction of sp³-hybridized carbons (Fsp3) is 0.261. The SMILES string of the molecule is ClCc1cc2c(c3ccccc13)CO[C@]21O[C@H](COCc2ccccc2)[C@@H](OCc2ccccc2)[C@H](OCc2ccccc2)[C@H]1OCc1ccccc1.OCc1cc2c(c3ccccc13)CO[C@]21O[C@H](COCc2ccccc2)[C@@H](OCc2ccccc2)[C@H](OCc2ccccc2)[C@H]1OCc1ccccc1. The van der Waals surface area contributed by atoms with Gasteiger partial charge in [-0.2, -0.15) is 0 Å². The molecule has 1 N–H and O–H groups in total. The zero-order valence-electron chi connectivity index (χ0n) is 59.1. The van der Waals surface area contributed by atoms with Gasteiger partial charge in [-0.3, -0.25) is 0 Å². The molecule has 0 amide bonds. The molecule has 13 nitrogen and oxygen atoms in total. The van der Waals surface area contributed by atoms with E-state index in [2.05, 4.69) is 91.0 Å². The highest BCUT2D eigenvalue weighted by atomic mass is 35.5. The van der Waals surface area contributed by atoms with Crippen molar-refractivity contribution >= 4 is 33.1 Å². The van der Waals surface area contributed by atoms with Crippen molar-refractivity contribution in [3.8, 4) is 0 Å². The number of aliphatic hydroxyl groups excluding tert-OH is 1. The van der Waals surface area contributed by atoms with E-state index in [1.54, 1.807) is 0 Å². The highest BCUT2D eigenvalue weighted by Gasteiger charge is 2.63. The van der Waals surface area contributed by atoms with Gasteiger partial charge in [-0.15, -0.1) is 11.6 Å². The van der Waals surface area contributed by atoms with E-state index in [1.807, 2.05) is 212 Å². The van der Waals surface area contributed by atoms with E-state index in [9.17, 15) is 5.11 Å². The molecule has 12 aromatic rings. The Morgan fingerprint density at radius 3 is 0.887 bits per heavy atom. The third kappa shape index (κ3) is 16.6. The van der Waals surface area contributed by atoms with Crippen LogP contribution in [0.15, 0.2) is 303 Å². The van der Waals surface area contributed by atoms with Crippen molar-refractivity contribution in [3.63, 3.8) is 0 Å². The molecule has 4 aliphatic heterocycles. The Morgan fingerprint density at radius 1 is 0.311 bits per heavy atom. The van der Waals surface area contributed by atoms with E-state index >= 15 is 0 Å². The first kappa shape index (κ1) is 72.5. The second-order valence-corrected chi connectivity index (χ2v) is 27.5. The summed E-state index contributed by atoms with van der Waals surface area (Å²) in [5, 5.41) is 14.8. The topological polar surface area (TPSA) is 131 Å².